The molecule has 0 saturated carbocycles. The third-order valence-corrected chi connectivity index (χ3v) is 3.24. The maximum absolute atomic E-state index is 12.1. The molecular weight excluding hydrogens is 334 g/mol. The summed E-state index contributed by atoms with van der Waals surface area (Å²) in [4.78, 5) is 47.2. The molecule has 3 N–H and O–H groups in total. The Morgan fingerprint density at radius 2 is 1.60 bits per heavy atom. The highest BCUT2D eigenvalue weighted by Gasteiger charge is 2.39. The number of aliphatic carboxylic acids is 1. The van der Waals surface area contributed by atoms with E-state index in [1.54, 1.807) is 20.8 Å². The molecule has 0 radical (unpaired) electrons. The first kappa shape index (κ1) is 22.8. The summed E-state index contributed by atoms with van der Waals surface area (Å²) in [5.74, 6) is -5.65. The first-order chi connectivity index (χ1) is 11.6. The van der Waals surface area contributed by atoms with Crippen LogP contribution < -0.4 is 5.32 Å². The van der Waals surface area contributed by atoms with Gasteiger partial charge >= 0.3 is 17.9 Å². The molecule has 0 heterocycles. The van der Waals surface area contributed by atoms with Crippen LogP contribution in [0.25, 0.3) is 0 Å². The third kappa shape index (κ3) is 8.48. The second kappa shape index (κ2) is 11.4. The van der Waals surface area contributed by atoms with Crippen molar-refractivity contribution in [2.75, 3.05) is 13.2 Å². The Morgan fingerprint density at radius 1 is 1.04 bits per heavy atom. The molecule has 0 aliphatic rings. The van der Waals surface area contributed by atoms with Gasteiger partial charge in [-0.05, 0) is 26.2 Å². The highest BCUT2D eigenvalue weighted by atomic mass is 16.5. The van der Waals surface area contributed by atoms with E-state index < -0.39 is 48.3 Å². The molecule has 0 aromatic carbocycles. The third-order valence-electron chi connectivity index (χ3n) is 3.24. The van der Waals surface area contributed by atoms with Gasteiger partial charge < -0.3 is 25.0 Å². The van der Waals surface area contributed by atoms with E-state index in [1.807, 2.05) is 0 Å². The Balaban J connectivity index is 5.32. The summed E-state index contributed by atoms with van der Waals surface area (Å²) in [6, 6.07) is -1.72. The van der Waals surface area contributed by atoms with Gasteiger partial charge in [0, 0.05) is 0 Å². The average molecular weight is 361 g/mol. The number of carboxylic acid groups (broad SMARTS) is 1. The molecule has 0 aromatic rings. The topological polar surface area (TPSA) is 139 Å². The molecule has 0 unspecified atom stereocenters. The van der Waals surface area contributed by atoms with Crippen LogP contribution >= 0.6 is 0 Å². The monoisotopic (exact) mass is 361 g/mol. The van der Waals surface area contributed by atoms with Gasteiger partial charge in [0.05, 0.1) is 25.6 Å². The predicted octanol–water partition coefficient (Wildman–Crippen LogP) is 0.0953. The molecule has 144 valence electrons. The lowest BCUT2D eigenvalue weighted by Gasteiger charge is -2.24. The van der Waals surface area contributed by atoms with Crippen LogP contribution in [-0.4, -0.2) is 59.4 Å². The van der Waals surface area contributed by atoms with Crippen molar-refractivity contribution in [2.24, 2.45) is 11.8 Å². The van der Waals surface area contributed by atoms with Crippen molar-refractivity contribution < 1.29 is 38.9 Å². The number of carboxylic acids is 1. The zero-order chi connectivity index (χ0) is 19.6. The molecule has 0 spiro atoms. The SMILES string of the molecule is CCOC(=O)C[C@@H](C(=O)OCC)[C@H](NC(=O)[C@@H](O)CC(C)C)C(=O)O. The number of esters is 2. The van der Waals surface area contributed by atoms with Gasteiger partial charge in [-0.25, -0.2) is 4.79 Å². The largest absolute Gasteiger partial charge is 0.480 e. The lowest BCUT2D eigenvalue weighted by Crippen LogP contribution is -2.52. The molecule has 25 heavy (non-hydrogen) atoms. The van der Waals surface area contributed by atoms with Crippen LogP contribution in [-0.2, 0) is 28.7 Å². The zero-order valence-corrected chi connectivity index (χ0v) is 15.0. The zero-order valence-electron chi connectivity index (χ0n) is 15.0. The van der Waals surface area contributed by atoms with Crippen LogP contribution in [0.1, 0.15) is 40.5 Å². The van der Waals surface area contributed by atoms with E-state index in [1.165, 1.54) is 6.92 Å². The van der Waals surface area contributed by atoms with Gasteiger partial charge in [-0.2, -0.15) is 0 Å². The van der Waals surface area contributed by atoms with E-state index in [0.717, 1.165) is 0 Å². The fraction of sp³-hybridized carbons (Fsp3) is 0.750. The second-order valence-corrected chi connectivity index (χ2v) is 5.84. The van der Waals surface area contributed by atoms with E-state index in [-0.39, 0.29) is 25.6 Å². The minimum Gasteiger partial charge on any atom is -0.480 e. The Morgan fingerprint density at radius 3 is 2.04 bits per heavy atom. The van der Waals surface area contributed by atoms with Gasteiger partial charge in [0.1, 0.15) is 12.1 Å². The number of hydrogen-bond acceptors (Lipinski definition) is 7. The number of aliphatic hydroxyl groups excluding tert-OH is 1. The molecule has 0 bridgehead atoms. The number of rotatable bonds is 11. The summed E-state index contributed by atoms with van der Waals surface area (Å²) in [7, 11) is 0. The molecule has 0 fully saturated rings. The molecule has 9 heteroatoms. The Kier molecular flexibility index (Phi) is 10.4. The normalized spacial score (nSPS) is 14.3. The van der Waals surface area contributed by atoms with Gasteiger partial charge in [-0.3, -0.25) is 14.4 Å². The summed E-state index contributed by atoms with van der Waals surface area (Å²) in [5.41, 5.74) is 0. The van der Waals surface area contributed by atoms with Gasteiger partial charge in [0.15, 0.2) is 0 Å². The fourth-order valence-corrected chi connectivity index (χ4v) is 2.12. The minimum absolute atomic E-state index is 0.00409. The smallest absolute Gasteiger partial charge is 0.327 e. The van der Waals surface area contributed by atoms with Crippen molar-refractivity contribution in [3.63, 3.8) is 0 Å². The highest BCUT2D eigenvalue weighted by Crippen LogP contribution is 2.15. The summed E-state index contributed by atoms with van der Waals surface area (Å²) in [6.07, 6.45) is -1.86. The lowest BCUT2D eigenvalue weighted by atomic mass is 9.95. The Bertz CT molecular complexity index is 477. The molecule has 0 saturated heterocycles. The van der Waals surface area contributed by atoms with Crippen molar-refractivity contribution in [1.82, 2.24) is 5.32 Å². The van der Waals surface area contributed by atoms with Gasteiger partial charge in [0.25, 0.3) is 0 Å². The van der Waals surface area contributed by atoms with E-state index in [2.05, 4.69) is 5.32 Å². The molecule has 9 nitrogen and oxygen atoms in total. The second-order valence-electron chi connectivity index (χ2n) is 5.84. The number of ether oxygens (including phenoxy) is 2. The first-order valence-electron chi connectivity index (χ1n) is 8.17. The maximum Gasteiger partial charge on any atom is 0.327 e. The van der Waals surface area contributed by atoms with Crippen molar-refractivity contribution in [3.05, 3.63) is 0 Å². The number of carbonyl (C=O) groups excluding carboxylic acids is 3. The van der Waals surface area contributed by atoms with Gasteiger partial charge in [0.2, 0.25) is 5.91 Å². The quantitative estimate of drug-likeness (QED) is 0.440. The maximum atomic E-state index is 12.1. The Hall–Kier alpha value is -2.16. The highest BCUT2D eigenvalue weighted by molar-refractivity contribution is 5.91. The van der Waals surface area contributed by atoms with Crippen molar-refractivity contribution in [2.45, 2.75) is 52.7 Å². The molecule has 3 atom stereocenters. The fourth-order valence-electron chi connectivity index (χ4n) is 2.12. The Labute approximate surface area is 146 Å². The van der Waals surface area contributed by atoms with Crippen molar-refractivity contribution in [1.29, 1.82) is 0 Å². The van der Waals surface area contributed by atoms with Crippen LogP contribution in [0.5, 0.6) is 0 Å². The summed E-state index contributed by atoms with van der Waals surface area (Å²) in [6.45, 7) is 6.71. The van der Waals surface area contributed by atoms with Crippen molar-refractivity contribution in [3.8, 4) is 0 Å². The summed E-state index contributed by atoms with van der Waals surface area (Å²) < 4.78 is 9.53. The number of hydrogen-bond donors (Lipinski definition) is 3. The van der Waals surface area contributed by atoms with Gasteiger partial charge in [-0.15, -0.1) is 0 Å². The molecule has 1 amide bonds. The predicted molar refractivity (Wildman–Crippen MR) is 86.4 cm³/mol. The van der Waals surface area contributed by atoms with E-state index in [9.17, 15) is 29.4 Å². The minimum atomic E-state index is -1.72. The van der Waals surface area contributed by atoms with E-state index >= 15 is 0 Å². The van der Waals surface area contributed by atoms with Crippen LogP contribution in [0.15, 0.2) is 0 Å². The standard InChI is InChI=1S/C16H27NO8/c1-5-24-12(19)8-10(16(23)25-6-2)13(15(21)22)17-14(20)11(18)7-9(3)4/h9-11,13,18H,5-8H2,1-4H3,(H,17,20)(H,21,22)/t10-,11+,13+/m1/s1. The van der Waals surface area contributed by atoms with E-state index in [4.69, 9.17) is 9.47 Å². The van der Waals surface area contributed by atoms with Crippen LogP contribution in [0.3, 0.4) is 0 Å². The molecule has 0 aromatic heterocycles. The molecule has 0 rings (SSSR count). The van der Waals surface area contributed by atoms with Crippen molar-refractivity contribution >= 4 is 23.8 Å². The number of nitrogens with one attached hydrogen (secondary N) is 1. The molecule has 0 aliphatic heterocycles. The van der Waals surface area contributed by atoms with Crippen LogP contribution in [0, 0.1) is 11.8 Å². The van der Waals surface area contributed by atoms with Gasteiger partial charge in [-0.1, -0.05) is 13.8 Å². The molecular formula is C16H27NO8. The number of carbonyl (C=O) groups is 4. The van der Waals surface area contributed by atoms with Crippen LogP contribution in [0.2, 0.25) is 0 Å². The van der Waals surface area contributed by atoms with Crippen LogP contribution in [0.4, 0.5) is 0 Å². The lowest BCUT2D eigenvalue weighted by molar-refractivity contribution is -0.160. The molecule has 0 aliphatic carbocycles. The van der Waals surface area contributed by atoms with E-state index in [0.29, 0.717) is 0 Å². The first-order valence-corrected chi connectivity index (χ1v) is 8.17. The summed E-state index contributed by atoms with van der Waals surface area (Å²) in [5, 5.41) is 21.3. The average Bonchev–Trinajstić information content (AvgIpc) is 2.49. The summed E-state index contributed by atoms with van der Waals surface area (Å²) >= 11 is 0. The number of aliphatic hydroxyl groups is 1. The number of amides is 1.